The Morgan fingerprint density at radius 1 is 0.840 bits per heavy atom. The van der Waals surface area contributed by atoms with Crippen molar-refractivity contribution in [3.05, 3.63) is 0 Å². The number of hydrogen-bond donors (Lipinski definition) is 0. The van der Waals surface area contributed by atoms with Gasteiger partial charge in [0.05, 0.1) is 37.0 Å². The summed E-state index contributed by atoms with van der Waals surface area (Å²) in [5.41, 5.74) is -5.02. The summed E-state index contributed by atoms with van der Waals surface area (Å²) >= 11 is 0. The Balaban J connectivity index is 2.71. The molecule has 2 fully saturated rings. The van der Waals surface area contributed by atoms with Gasteiger partial charge in [0.2, 0.25) is 0 Å². The van der Waals surface area contributed by atoms with Crippen LogP contribution in [-0.4, -0.2) is 49.7 Å². The molecule has 0 aliphatic heterocycles. The van der Waals surface area contributed by atoms with E-state index in [0.717, 1.165) is 14.2 Å². The van der Waals surface area contributed by atoms with Crippen LogP contribution in [0.25, 0.3) is 0 Å². The summed E-state index contributed by atoms with van der Waals surface area (Å²) in [6.07, 6.45) is -2.63. The third-order valence-corrected chi connectivity index (χ3v) is 5.04. The van der Waals surface area contributed by atoms with E-state index >= 15 is 0 Å². The van der Waals surface area contributed by atoms with Crippen LogP contribution in [0.5, 0.6) is 0 Å². The van der Waals surface area contributed by atoms with Gasteiger partial charge in [-0.1, -0.05) is 0 Å². The summed E-state index contributed by atoms with van der Waals surface area (Å²) in [6, 6.07) is 0. The molecule has 10 heteroatoms. The van der Waals surface area contributed by atoms with Gasteiger partial charge < -0.3 is 29.3 Å². The number of methoxy groups -OCH3 is 2. The van der Waals surface area contributed by atoms with Crippen LogP contribution in [0.2, 0.25) is 0 Å². The first-order valence-corrected chi connectivity index (χ1v) is 7.24. The molecule has 2 rings (SSSR count). The number of ketones is 2. The number of carboxylic acid groups (broad SMARTS) is 2. The number of carboxylic acids is 2. The second-order valence-electron chi connectivity index (χ2n) is 6.20. The summed E-state index contributed by atoms with van der Waals surface area (Å²) in [6.45, 7) is 0. The zero-order valence-electron chi connectivity index (χ0n) is 13.4. The normalized spacial score (nSPS) is 34.2. The van der Waals surface area contributed by atoms with E-state index in [1.54, 1.807) is 0 Å². The zero-order chi connectivity index (χ0) is 19.2. The highest BCUT2D eigenvalue weighted by Gasteiger charge is 2.66. The van der Waals surface area contributed by atoms with Crippen molar-refractivity contribution in [2.24, 2.45) is 22.7 Å². The molecule has 0 aromatic rings. The predicted octanol–water partition coefficient (Wildman–Crippen LogP) is -3.63. The average Bonchev–Trinajstić information content (AvgIpc) is 2.58. The van der Waals surface area contributed by atoms with Crippen molar-refractivity contribution >= 4 is 35.4 Å². The van der Waals surface area contributed by atoms with E-state index in [0.29, 0.717) is 0 Å². The van der Waals surface area contributed by atoms with Crippen LogP contribution in [0.1, 0.15) is 19.3 Å². The zero-order valence-corrected chi connectivity index (χ0v) is 13.4. The van der Waals surface area contributed by atoms with E-state index in [1.807, 2.05) is 0 Å². The molecule has 0 aromatic carbocycles. The summed E-state index contributed by atoms with van der Waals surface area (Å²) in [5.74, 6) is -12.2. The number of Topliss-reactive ketones (excluding diaryl/α,β-unsaturated/α-hetero) is 2. The van der Waals surface area contributed by atoms with Gasteiger partial charge in [0.25, 0.3) is 0 Å². The van der Waals surface area contributed by atoms with Crippen molar-refractivity contribution in [2.75, 3.05) is 14.2 Å². The maximum atomic E-state index is 12.6. The second kappa shape index (κ2) is 5.94. The summed E-state index contributed by atoms with van der Waals surface area (Å²) in [7, 11) is 1.85. The number of hydrogen-bond acceptors (Lipinski definition) is 10. The second-order valence-corrected chi connectivity index (χ2v) is 6.20. The van der Waals surface area contributed by atoms with E-state index < -0.39 is 77.4 Å². The van der Waals surface area contributed by atoms with Crippen LogP contribution in [0.4, 0.5) is 0 Å². The van der Waals surface area contributed by atoms with Crippen molar-refractivity contribution in [3.63, 3.8) is 0 Å². The molecule has 0 unspecified atom stereocenters. The molecule has 2 bridgehead atoms. The first-order chi connectivity index (χ1) is 11.6. The summed E-state index contributed by atoms with van der Waals surface area (Å²) in [4.78, 5) is 72.4. The van der Waals surface area contributed by atoms with Crippen LogP contribution in [-0.2, 0) is 38.2 Å². The van der Waals surface area contributed by atoms with Crippen molar-refractivity contribution in [1.82, 2.24) is 0 Å². The molecular weight excluding hydrogens is 340 g/mol. The third kappa shape index (κ3) is 2.39. The van der Waals surface area contributed by atoms with Crippen molar-refractivity contribution < 1.29 is 48.5 Å². The maximum absolute atomic E-state index is 12.6. The average molecular weight is 354 g/mol. The highest BCUT2D eigenvalue weighted by Crippen LogP contribution is 2.55. The Morgan fingerprint density at radius 2 is 1.16 bits per heavy atom. The molecule has 0 N–H and O–H groups in total. The maximum Gasteiger partial charge on any atom is 0.316 e. The molecule has 10 nitrogen and oxygen atoms in total. The highest BCUT2D eigenvalue weighted by molar-refractivity contribution is 6.20. The van der Waals surface area contributed by atoms with Crippen LogP contribution < -0.4 is 10.2 Å². The first kappa shape index (κ1) is 18.6. The molecule has 4 atom stereocenters. The van der Waals surface area contributed by atoms with Gasteiger partial charge in [-0.3, -0.25) is 19.2 Å². The van der Waals surface area contributed by atoms with Crippen LogP contribution >= 0.6 is 0 Å². The number of rotatable bonds is 4. The fourth-order valence-corrected chi connectivity index (χ4v) is 3.76. The summed E-state index contributed by atoms with van der Waals surface area (Å²) in [5, 5.41) is 23.4. The van der Waals surface area contributed by atoms with Gasteiger partial charge in [-0.25, -0.2) is 0 Å². The molecule has 2 saturated carbocycles. The van der Waals surface area contributed by atoms with Gasteiger partial charge >= 0.3 is 11.9 Å². The monoisotopic (exact) mass is 354 g/mol. The molecule has 0 saturated heterocycles. The molecule has 0 aromatic heterocycles. The Kier molecular flexibility index (Phi) is 4.41. The van der Waals surface area contributed by atoms with Crippen molar-refractivity contribution in [1.29, 1.82) is 0 Å². The Hall–Kier alpha value is -2.78. The van der Waals surface area contributed by atoms with E-state index in [-0.39, 0.29) is 0 Å². The van der Waals surface area contributed by atoms with Gasteiger partial charge in [-0.15, -0.1) is 0 Å². The largest absolute Gasteiger partial charge is 0.549 e. The number of fused-ring (bicyclic) bond motifs is 2. The minimum absolute atomic E-state index is 0.845. The Bertz CT molecular complexity index is 636. The lowest BCUT2D eigenvalue weighted by molar-refractivity contribution is -0.328. The van der Waals surface area contributed by atoms with Gasteiger partial charge in [-0.2, -0.15) is 0 Å². The smallest absolute Gasteiger partial charge is 0.316 e. The molecule has 2 aliphatic rings. The van der Waals surface area contributed by atoms with Gasteiger partial charge in [-0.05, 0) is 19.3 Å². The van der Waals surface area contributed by atoms with Crippen LogP contribution in [0.3, 0.4) is 0 Å². The fraction of sp³-hybridized carbons (Fsp3) is 0.600. The van der Waals surface area contributed by atoms with Gasteiger partial charge in [0, 0.05) is 0 Å². The van der Waals surface area contributed by atoms with E-state index in [1.165, 1.54) is 0 Å². The minimum atomic E-state index is -2.51. The van der Waals surface area contributed by atoms with E-state index in [2.05, 4.69) is 9.47 Å². The van der Waals surface area contributed by atoms with E-state index in [9.17, 15) is 39.0 Å². The predicted molar refractivity (Wildman–Crippen MR) is 69.8 cm³/mol. The van der Waals surface area contributed by atoms with Crippen LogP contribution in [0.15, 0.2) is 0 Å². The number of carbonyl (C=O) groups is 6. The summed E-state index contributed by atoms with van der Waals surface area (Å²) < 4.78 is 8.83. The molecule has 136 valence electrons. The number of esters is 2. The van der Waals surface area contributed by atoms with Crippen LogP contribution in [0, 0.1) is 22.7 Å². The molecule has 2 aliphatic carbocycles. The number of aliphatic carboxylic acids is 2. The van der Waals surface area contributed by atoms with Crippen molar-refractivity contribution in [3.8, 4) is 0 Å². The van der Waals surface area contributed by atoms with Gasteiger partial charge in [0.1, 0.15) is 11.8 Å². The third-order valence-electron chi connectivity index (χ3n) is 5.04. The molecule has 0 radical (unpaired) electrons. The lowest BCUT2D eigenvalue weighted by atomic mass is 9.48. The molecule has 0 amide bonds. The lowest BCUT2D eigenvalue weighted by Crippen LogP contribution is -2.68. The topological polar surface area (TPSA) is 167 Å². The number of carbonyl (C=O) groups excluding carboxylic acids is 6. The Morgan fingerprint density at radius 3 is 1.40 bits per heavy atom. The fourth-order valence-electron chi connectivity index (χ4n) is 3.76. The quantitative estimate of drug-likeness (QED) is 0.363. The molecule has 0 spiro atoms. The highest BCUT2D eigenvalue weighted by atomic mass is 16.5. The SMILES string of the molecule is COC(=O)[C@H]1C[C@@]2(C(=O)[O-])C[C@](C(=O)[O-])(C[C@@H](C(=O)OC)C2=O)C1=O. The first-order valence-electron chi connectivity index (χ1n) is 7.24. The lowest BCUT2D eigenvalue weighted by Gasteiger charge is -2.54. The minimum Gasteiger partial charge on any atom is -0.549 e. The van der Waals surface area contributed by atoms with Gasteiger partial charge in [0.15, 0.2) is 11.6 Å². The van der Waals surface area contributed by atoms with E-state index in [4.69, 9.17) is 0 Å². The Labute approximate surface area is 141 Å². The molecule has 0 heterocycles. The molecular formula is C15H14O10-2. The molecule has 25 heavy (non-hydrogen) atoms. The van der Waals surface area contributed by atoms with Crippen molar-refractivity contribution in [2.45, 2.75) is 19.3 Å². The standard InChI is InChI=1S/C15H16O10/c1-24-10(18)6-3-14(12(20)21)5-15(8(6)16,13(22)23)4-7(9(14)17)11(19)25-2/h6-7H,3-5H2,1-2H3,(H,20,21)(H,22,23)/p-2/t6-,7+,14-,15-/m1/s1. The number of ether oxygens (including phenoxy) is 2.